The molecule has 0 bridgehead atoms. The van der Waals surface area contributed by atoms with Crippen LogP contribution in [-0.2, 0) is 10.0 Å². The van der Waals surface area contributed by atoms with Crippen molar-refractivity contribution in [1.29, 1.82) is 0 Å². The molecule has 0 amide bonds. The Morgan fingerprint density at radius 1 is 1.13 bits per heavy atom. The van der Waals surface area contributed by atoms with E-state index in [4.69, 9.17) is 4.74 Å². The van der Waals surface area contributed by atoms with Crippen LogP contribution in [0, 0.1) is 5.82 Å². The molecule has 0 aliphatic heterocycles. The molecule has 0 aliphatic rings. The van der Waals surface area contributed by atoms with Gasteiger partial charge in [0.15, 0.2) is 0 Å². The molecule has 0 aromatic heterocycles. The Kier molecular flexibility index (Phi) is 6.44. The summed E-state index contributed by atoms with van der Waals surface area (Å²) in [6.45, 7) is 0.328. The molecule has 0 spiro atoms. The maximum Gasteiger partial charge on any atom is 0.244 e. The van der Waals surface area contributed by atoms with Crippen molar-refractivity contribution in [2.24, 2.45) is 0 Å². The molecular formula is C16H18FNO3S2. The first-order valence-corrected chi connectivity index (χ1v) is 9.51. The summed E-state index contributed by atoms with van der Waals surface area (Å²) in [5.41, 5.74) is 0. The molecule has 0 unspecified atom stereocenters. The molecule has 1 N–H and O–H groups in total. The van der Waals surface area contributed by atoms with Crippen molar-refractivity contribution in [1.82, 2.24) is 4.72 Å². The van der Waals surface area contributed by atoms with Crippen LogP contribution in [0.2, 0.25) is 0 Å². The maximum atomic E-state index is 12.8. The van der Waals surface area contributed by atoms with Gasteiger partial charge in [-0.1, -0.05) is 12.1 Å². The smallest absolute Gasteiger partial charge is 0.244 e. The lowest BCUT2D eigenvalue weighted by Crippen LogP contribution is -2.25. The van der Waals surface area contributed by atoms with Gasteiger partial charge in [0, 0.05) is 11.4 Å². The first kappa shape index (κ1) is 17.8. The number of ether oxygens (including phenoxy) is 1. The predicted molar refractivity (Wildman–Crippen MR) is 89.9 cm³/mol. The fraction of sp³-hybridized carbons (Fsp3) is 0.250. The first-order valence-electron chi connectivity index (χ1n) is 7.04. The summed E-state index contributed by atoms with van der Waals surface area (Å²) in [7, 11) is -2.15. The molecular weight excluding hydrogens is 337 g/mol. The quantitative estimate of drug-likeness (QED) is 0.583. The molecule has 0 heterocycles. The summed E-state index contributed by atoms with van der Waals surface area (Å²) in [6.07, 6.45) is 0.663. The second-order valence-corrected chi connectivity index (χ2v) is 7.61. The van der Waals surface area contributed by atoms with Gasteiger partial charge in [-0.3, -0.25) is 0 Å². The highest BCUT2D eigenvalue weighted by atomic mass is 32.2. The second-order valence-electron chi connectivity index (χ2n) is 4.70. The van der Waals surface area contributed by atoms with Crippen LogP contribution in [0.25, 0.3) is 0 Å². The molecule has 0 atom stereocenters. The third-order valence-electron chi connectivity index (χ3n) is 3.05. The average Bonchev–Trinajstić information content (AvgIpc) is 2.56. The summed E-state index contributed by atoms with van der Waals surface area (Å²) < 4.78 is 44.9. The zero-order valence-corrected chi connectivity index (χ0v) is 14.3. The predicted octanol–water partition coefficient (Wildman–Crippen LogP) is 3.30. The fourth-order valence-corrected chi connectivity index (χ4v) is 4.01. The van der Waals surface area contributed by atoms with Gasteiger partial charge >= 0.3 is 0 Å². The molecule has 2 aromatic carbocycles. The topological polar surface area (TPSA) is 55.4 Å². The summed E-state index contributed by atoms with van der Waals surface area (Å²) in [6, 6.07) is 12.7. The first-order chi connectivity index (χ1) is 11.0. The van der Waals surface area contributed by atoms with Crippen molar-refractivity contribution in [2.45, 2.75) is 16.2 Å². The number of methoxy groups -OCH3 is 1. The zero-order valence-electron chi connectivity index (χ0n) is 12.7. The molecule has 0 fully saturated rings. The third-order valence-corrected chi connectivity index (χ3v) is 5.65. The van der Waals surface area contributed by atoms with E-state index >= 15 is 0 Å². The van der Waals surface area contributed by atoms with E-state index in [1.54, 1.807) is 42.1 Å². The van der Waals surface area contributed by atoms with Crippen LogP contribution in [0.5, 0.6) is 5.75 Å². The largest absolute Gasteiger partial charge is 0.495 e. The number of para-hydroxylation sites is 1. The van der Waals surface area contributed by atoms with Gasteiger partial charge in [0.1, 0.15) is 16.5 Å². The summed E-state index contributed by atoms with van der Waals surface area (Å²) in [4.78, 5) is 1.09. The van der Waals surface area contributed by atoms with Gasteiger partial charge in [0.2, 0.25) is 10.0 Å². The molecule has 23 heavy (non-hydrogen) atoms. The maximum absolute atomic E-state index is 12.8. The normalized spacial score (nSPS) is 11.4. The molecule has 0 radical (unpaired) electrons. The van der Waals surface area contributed by atoms with Gasteiger partial charge in [0.05, 0.1) is 7.11 Å². The lowest BCUT2D eigenvalue weighted by molar-refractivity contribution is 0.402. The van der Waals surface area contributed by atoms with Crippen molar-refractivity contribution >= 4 is 21.8 Å². The highest BCUT2D eigenvalue weighted by Gasteiger charge is 2.17. The SMILES string of the molecule is COc1ccccc1S(=O)(=O)NCCCSc1ccc(F)cc1. The third kappa shape index (κ3) is 5.23. The van der Waals surface area contributed by atoms with E-state index in [0.717, 1.165) is 10.6 Å². The molecule has 124 valence electrons. The van der Waals surface area contributed by atoms with Crippen LogP contribution >= 0.6 is 11.8 Å². The Labute approximate surface area is 140 Å². The minimum Gasteiger partial charge on any atom is -0.495 e. The van der Waals surface area contributed by atoms with E-state index < -0.39 is 10.0 Å². The zero-order chi connectivity index (χ0) is 16.7. The molecule has 2 rings (SSSR count). The number of halogens is 1. The highest BCUT2D eigenvalue weighted by Crippen LogP contribution is 2.22. The Hall–Kier alpha value is -1.57. The molecule has 7 heteroatoms. The van der Waals surface area contributed by atoms with E-state index in [9.17, 15) is 12.8 Å². The van der Waals surface area contributed by atoms with Crippen molar-refractivity contribution in [3.05, 3.63) is 54.3 Å². The van der Waals surface area contributed by atoms with Crippen molar-refractivity contribution < 1.29 is 17.5 Å². The minimum atomic E-state index is -3.59. The van der Waals surface area contributed by atoms with Crippen molar-refractivity contribution in [3.8, 4) is 5.75 Å². The van der Waals surface area contributed by atoms with Gasteiger partial charge in [-0.2, -0.15) is 0 Å². The van der Waals surface area contributed by atoms with Gasteiger partial charge in [-0.25, -0.2) is 17.5 Å². The lowest BCUT2D eigenvalue weighted by atomic mass is 10.3. The minimum absolute atomic E-state index is 0.133. The summed E-state index contributed by atoms with van der Waals surface area (Å²) >= 11 is 1.56. The number of rotatable bonds is 8. The summed E-state index contributed by atoms with van der Waals surface area (Å²) in [5.74, 6) is 0.791. The van der Waals surface area contributed by atoms with Gasteiger partial charge in [-0.05, 0) is 48.6 Å². The number of benzene rings is 2. The molecule has 0 saturated heterocycles. The van der Waals surface area contributed by atoms with Gasteiger partial charge in [0.25, 0.3) is 0 Å². The Balaban J connectivity index is 1.82. The van der Waals surface area contributed by atoms with Crippen LogP contribution in [0.1, 0.15) is 6.42 Å². The van der Waals surface area contributed by atoms with E-state index in [2.05, 4.69) is 4.72 Å². The number of hydrogen-bond acceptors (Lipinski definition) is 4. The second kappa shape index (κ2) is 8.33. The monoisotopic (exact) mass is 355 g/mol. The van der Waals surface area contributed by atoms with Crippen LogP contribution in [-0.4, -0.2) is 27.8 Å². The standard InChI is InChI=1S/C16H18FNO3S2/c1-21-15-5-2-3-6-16(15)23(19,20)18-11-4-12-22-14-9-7-13(17)8-10-14/h2-3,5-10,18H,4,11-12H2,1H3. The van der Waals surface area contributed by atoms with Gasteiger partial charge < -0.3 is 4.74 Å². The number of hydrogen-bond donors (Lipinski definition) is 1. The molecule has 0 aliphatic carbocycles. The number of thioether (sulfide) groups is 1. The van der Waals surface area contributed by atoms with E-state index in [1.807, 2.05) is 0 Å². The van der Waals surface area contributed by atoms with Crippen LogP contribution in [0.3, 0.4) is 0 Å². The van der Waals surface area contributed by atoms with Crippen LogP contribution in [0.15, 0.2) is 58.3 Å². The van der Waals surface area contributed by atoms with E-state index in [0.29, 0.717) is 18.7 Å². The summed E-state index contributed by atoms with van der Waals surface area (Å²) in [5, 5.41) is 0. The molecule has 2 aromatic rings. The van der Waals surface area contributed by atoms with E-state index in [-0.39, 0.29) is 10.7 Å². The Morgan fingerprint density at radius 2 is 1.83 bits per heavy atom. The van der Waals surface area contributed by atoms with Gasteiger partial charge in [-0.15, -0.1) is 11.8 Å². The lowest BCUT2D eigenvalue weighted by Gasteiger charge is -2.10. The molecule has 0 saturated carbocycles. The molecule has 4 nitrogen and oxygen atoms in total. The highest BCUT2D eigenvalue weighted by molar-refractivity contribution is 7.99. The van der Waals surface area contributed by atoms with Crippen molar-refractivity contribution in [2.75, 3.05) is 19.4 Å². The van der Waals surface area contributed by atoms with E-state index in [1.165, 1.54) is 25.3 Å². The fourth-order valence-electron chi connectivity index (χ4n) is 1.92. The number of sulfonamides is 1. The Morgan fingerprint density at radius 3 is 2.52 bits per heavy atom. The van der Waals surface area contributed by atoms with Crippen LogP contribution in [0.4, 0.5) is 4.39 Å². The average molecular weight is 355 g/mol. The van der Waals surface area contributed by atoms with Crippen molar-refractivity contribution in [3.63, 3.8) is 0 Å². The van der Waals surface area contributed by atoms with Crippen LogP contribution < -0.4 is 9.46 Å². The number of nitrogens with one attached hydrogen (secondary N) is 1. The Bertz CT molecular complexity index is 733.